The lowest BCUT2D eigenvalue weighted by atomic mass is 10.1. The summed E-state index contributed by atoms with van der Waals surface area (Å²) in [6.45, 7) is 1.20. The molecule has 2 aromatic carbocycles. The lowest BCUT2D eigenvalue weighted by Gasteiger charge is -2.23. The summed E-state index contributed by atoms with van der Waals surface area (Å²) in [7, 11) is 1.79. The summed E-state index contributed by atoms with van der Waals surface area (Å²) in [5, 5.41) is 2.98. The van der Waals surface area contributed by atoms with Gasteiger partial charge in [-0.15, -0.1) is 0 Å². The van der Waals surface area contributed by atoms with E-state index in [4.69, 9.17) is 0 Å². The van der Waals surface area contributed by atoms with Crippen LogP contribution >= 0.6 is 0 Å². The van der Waals surface area contributed by atoms with E-state index in [1.807, 2.05) is 17.0 Å². The van der Waals surface area contributed by atoms with Gasteiger partial charge in [-0.25, -0.2) is 8.78 Å². The number of nitrogens with zero attached hydrogens (tertiary/aromatic N) is 1. The van der Waals surface area contributed by atoms with Crippen LogP contribution in [0, 0.1) is 11.6 Å². The van der Waals surface area contributed by atoms with Crippen LogP contribution in [0.3, 0.4) is 0 Å². The Kier molecular flexibility index (Phi) is 3.40. The number of hydrogen-bond donors (Lipinski definition) is 1. The number of rotatable bonds is 3. The van der Waals surface area contributed by atoms with E-state index in [1.165, 1.54) is 18.2 Å². The van der Waals surface area contributed by atoms with Crippen molar-refractivity contribution in [2.24, 2.45) is 0 Å². The van der Waals surface area contributed by atoms with Gasteiger partial charge in [0.2, 0.25) is 0 Å². The van der Waals surface area contributed by atoms with Gasteiger partial charge in [-0.2, -0.15) is 0 Å². The zero-order valence-electron chi connectivity index (χ0n) is 11.3. The SMILES string of the molecule is CNCc1c(F)cccc1N1CCc2ccc(F)cc21. The van der Waals surface area contributed by atoms with Gasteiger partial charge in [-0.3, -0.25) is 0 Å². The van der Waals surface area contributed by atoms with E-state index in [0.717, 1.165) is 29.9 Å². The Balaban J connectivity index is 2.08. The van der Waals surface area contributed by atoms with Crippen LogP contribution in [0.25, 0.3) is 0 Å². The first-order valence-corrected chi connectivity index (χ1v) is 6.68. The van der Waals surface area contributed by atoms with Gasteiger partial charge in [0, 0.05) is 30.0 Å². The summed E-state index contributed by atoms with van der Waals surface area (Å²) in [6, 6.07) is 9.84. The third-order valence-corrected chi connectivity index (χ3v) is 3.68. The highest BCUT2D eigenvalue weighted by atomic mass is 19.1. The van der Waals surface area contributed by atoms with Crippen LogP contribution in [-0.2, 0) is 13.0 Å². The molecule has 3 rings (SSSR count). The molecule has 0 bridgehead atoms. The molecule has 1 aliphatic rings. The average molecular weight is 274 g/mol. The summed E-state index contributed by atoms with van der Waals surface area (Å²) >= 11 is 0. The van der Waals surface area contributed by atoms with E-state index in [0.29, 0.717) is 12.1 Å². The van der Waals surface area contributed by atoms with Gasteiger partial charge in [0.15, 0.2) is 0 Å². The molecule has 0 radical (unpaired) electrons. The van der Waals surface area contributed by atoms with Gasteiger partial charge in [0.1, 0.15) is 11.6 Å². The molecule has 20 heavy (non-hydrogen) atoms. The number of hydrogen-bond acceptors (Lipinski definition) is 2. The minimum atomic E-state index is -0.262. The second kappa shape index (κ2) is 5.21. The standard InChI is InChI=1S/C16H16F2N2/c1-19-10-13-14(18)3-2-4-15(13)20-8-7-11-5-6-12(17)9-16(11)20/h2-6,9,19H,7-8,10H2,1H3. The monoisotopic (exact) mass is 274 g/mol. The quantitative estimate of drug-likeness (QED) is 0.923. The molecule has 1 aliphatic heterocycles. The van der Waals surface area contributed by atoms with Gasteiger partial charge in [0.25, 0.3) is 0 Å². The van der Waals surface area contributed by atoms with Crippen molar-refractivity contribution in [3.8, 4) is 0 Å². The van der Waals surface area contributed by atoms with Crippen molar-refractivity contribution >= 4 is 11.4 Å². The molecule has 2 nitrogen and oxygen atoms in total. The highest BCUT2D eigenvalue weighted by Crippen LogP contribution is 2.37. The molecule has 4 heteroatoms. The van der Waals surface area contributed by atoms with E-state index in [9.17, 15) is 8.78 Å². The Hall–Kier alpha value is -1.94. The molecule has 1 N–H and O–H groups in total. The Morgan fingerprint density at radius 2 is 2.00 bits per heavy atom. The van der Waals surface area contributed by atoms with E-state index >= 15 is 0 Å². The normalized spacial score (nSPS) is 13.7. The first-order valence-electron chi connectivity index (χ1n) is 6.68. The van der Waals surface area contributed by atoms with Crippen LogP contribution in [0.1, 0.15) is 11.1 Å². The first-order chi connectivity index (χ1) is 9.70. The van der Waals surface area contributed by atoms with Crippen molar-refractivity contribution in [2.75, 3.05) is 18.5 Å². The molecule has 0 unspecified atom stereocenters. The van der Waals surface area contributed by atoms with E-state index in [1.54, 1.807) is 13.1 Å². The second-order valence-electron chi connectivity index (χ2n) is 4.94. The maximum absolute atomic E-state index is 14.0. The van der Waals surface area contributed by atoms with Crippen LogP contribution in [0.2, 0.25) is 0 Å². The third kappa shape index (κ3) is 2.16. The fraction of sp³-hybridized carbons (Fsp3) is 0.250. The fourth-order valence-corrected chi connectivity index (χ4v) is 2.75. The molecule has 0 fully saturated rings. The highest BCUT2D eigenvalue weighted by Gasteiger charge is 2.23. The maximum atomic E-state index is 14.0. The Labute approximate surface area is 117 Å². The predicted molar refractivity (Wildman–Crippen MR) is 76.3 cm³/mol. The molecular weight excluding hydrogens is 258 g/mol. The Morgan fingerprint density at radius 1 is 1.15 bits per heavy atom. The summed E-state index contributed by atoms with van der Waals surface area (Å²) in [5.41, 5.74) is 3.37. The van der Waals surface area contributed by atoms with Crippen molar-refractivity contribution in [3.05, 3.63) is 59.2 Å². The van der Waals surface area contributed by atoms with Crippen molar-refractivity contribution in [1.29, 1.82) is 0 Å². The van der Waals surface area contributed by atoms with Crippen LogP contribution in [0.15, 0.2) is 36.4 Å². The summed E-state index contributed by atoms with van der Waals surface area (Å²) in [6.07, 6.45) is 0.852. The van der Waals surface area contributed by atoms with E-state index < -0.39 is 0 Å². The smallest absolute Gasteiger partial charge is 0.129 e. The summed E-state index contributed by atoms with van der Waals surface area (Å²) < 4.78 is 27.5. The molecule has 1 heterocycles. The first kappa shape index (κ1) is 13.1. The molecule has 0 atom stereocenters. The second-order valence-corrected chi connectivity index (χ2v) is 4.94. The molecular formula is C16H16F2N2. The lowest BCUT2D eigenvalue weighted by Crippen LogP contribution is -2.18. The number of benzene rings is 2. The number of nitrogens with one attached hydrogen (secondary N) is 1. The van der Waals surface area contributed by atoms with E-state index in [-0.39, 0.29) is 11.6 Å². The van der Waals surface area contributed by atoms with E-state index in [2.05, 4.69) is 5.32 Å². The average Bonchev–Trinajstić information content (AvgIpc) is 2.84. The fourth-order valence-electron chi connectivity index (χ4n) is 2.75. The molecule has 2 aromatic rings. The van der Waals surface area contributed by atoms with Gasteiger partial charge in [-0.05, 0) is 43.3 Å². The van der Waals surface area contributed by atoms with Gasteiger partial charge in [0.05, 0.1) is 0 Å². The van der Waals surface area contributed by atoms with Crippen molar-refractivity contribution in [3.63, 3.8) is 0 Å². The molecule has 0 aromatic heterocycles. The molecule has 0 spiro atoms. The predicted octanol–water partition coefficient (Wildman–Crippen LogP) is 3.38. The minimum Gasteiger partial charge on any atom is -0.340 e. The zero-order chi connectivity index (χ0) is 14.1. The largest absolute Gasteiger partial charge is 0.340 e. The van der Waals surface area contributed by atoms with Crippen LogP contribution < -0.4 is 10.2 Å². The van der Waals surface area contributed by atoms with Crippen LogP contribution in [0.5, 0.6) is 0 Å². The molecule has 0 amide bonds. The Morgan fingerprint density at radius 3 is 2.80 bits per heavy atom. The molecule has 104 valence electrons. The summed E-state index contributed by atoms with van der Waals surface area (Å²) in [4.78, 5) is 1.99. The van der Waals surface area contributed by atoms with Gasteiger partial charge < -0.3 is 10.2 Å². The lowest BCUT2D eigenvalue weighted by molar-refractivity contribution is 0.600. The summed E-state index contributed by atoms with van der Waals surface area (Å²) in [5.74, 6) is -0.496. The molecule has 0 saturated heterocycles. The van der Waals surface area contributed by atoms with Crippen molar-refractivity contribution in [2.45, 2.75) is 13.0 Å². The minimum absolute atomic E-state index is 0.235. The zero-order valence-corrected chi connectivity index (χ0v) is 11.3. The van der Waals surface area contributed by atoms with Crippen molar-refractivity contribution < 1.29 is 8.78 Å². The molecule has 0 saturated carbocycles. The number of halogens is 2. The Bertz CT molecular complexity index is 640. The van der Waals surface area contributed by atoms with Crippen LogP contribution in [0.4, 0.5) is 20.2 Å². The van der Waals surface area contributed by atoms with Gasteiger partial charge >= 0.3 is 0 Å². The number of anilines is 2. The molecule has 0 aliphatic carbocycles. The third-order valence-electron chi connectivity index (χ3n) is 3.68. The highest BCUT2D eigenvalue weighted by molar-refractivity contribution is 5.72. The van der Waals surface area contributed by atoms with Crippen LogP contribution in [-0.4, -0.2) is 13.6 Å². The van der Waals surface area contributed by atoms with Gasteiger partial charge in [-0.1, -0.05) is 12.1 Å². The topological polar surface area (TPSA) is 15.3 Å². The number of fused-ring (bicyclic) bond motifs is 1. The maximum Gasteiger partial charge on any atom is 0.129 e. The van der Waals surface area contributed by atoms with Crippen molar-refractivity contribution in [1.82, 2.24) is 5.32 Å².